The molecule has 10 nitrogen and oxygen atoms in total. The fourth-order valence-corrected chi connectivity index (χ4v) is 6.73. The normalized spacial score (nSPS) is 11.3. The molecule has 0 radical (unpaired) electrons. The molecule has 2 rings (SSSR count). The number of guanidine groups is 1. The Hall–Kier alpha value is -3.25. The zero-order valence-electron chi connectivity index (χ0n) is 27.2. The van der Waals surface area contributed by atoms with E-state index in [9.17, 15) is 26.4 Å². The highest BCUT2D eigenvalue weighted by atomic mass is 32.2. The molecule has 0 aliphatic carbocycles. The number of hydrogen-bond donors (Lipinski definition) is 2. The Morgan fingerprint density at radius 2 is 1.07 bits per heavy atom. The summed E-state index contributed by atoms with van der Waals surface area (Å²) in [5.41, 5.74) is 14.3. The average Bonchev–Trinajstić information content (AvgIpc) is 2.93. The molecule has 0 saturated carbocycles. The van der Waals surface area contributed by atoms with Crippen molar-refractivity contribution in [1.29, 1.82) is 0 Å². The fourth-order valence-electron chi connectivity index (χ4n) is 4.80. The van der Waals surface area contributed by atoms with Gasteiger partial charge in [-0.3, -0.25) is 4.79 Å². The fraction of sp³-hybridized carbons (Fsp3) is 0.531. The Bertz CT molecular complexity index is 1540. The number of carbonyl (C=O) groups is 2. The van der Waals surface area contributed by atoms with Crippen LogP contribution in [0.2, 0.25) is 0 Å². The standard InChI is InChI=1S/C16H25N3O3S.C16H24O4S/c1-4-6-8-12-9-11(7-5-2)13(15(20)19-16(17)18)10-14(12)23(3,21)22;1-5-7-9-13-10-12(8-6-2)14(16(17)20-3)11-15(13)21(4,18)19/h9-10H,4-8H2,1-3H3,(H4,17,18,19,20);10-11H,5-9H2,1-4H3. The van der Waals surface area contributed by atoms with E-state index < -0.39 is 31.6 Å². The number of sulfone groups is 2. The van der Waals surface area contributed by atoms with Crippen LogP contribution >= 0.6 is 0 Å². The molecule has 4 N–H and O–H groups in total. The van der Waals surface area contributed by atoms with Gasteiger partial charge in [0.25, 0.3) is 5.91 Å². The molecule has 1 amide bonds. The lowest BCUT2D eigenvalue weighted by atomic mass is 9.97. The van der Waals surface area contributed by atoms with Crippen molar-refractivity contribution in [2.24, 2.45) is 16.5 Å². The number of unbranched alkanes of at least 4 members (excludes halogenated alkanes) is 2. The quantitative estimate of drug-likeness (QED) is 0.162. The number of hydrogen-bond acceptors (Lipinski definition) is 7. The van der Waals surface area contributed by atoms with E-state index in [4.69, 9.17) is 16.2 Å². The van der Waals surface area contributed by atoms with Crippen LogP contribution in [-0.2, 0) is 50.1 Å². The van der Waals surface area contributed by atoms with Gasteiger partial charge in [-0.15, -0.1) is 0 Å². The number of rotatable bonds is 14. The summed E-state index contributed by atoms with van der Waals surface area (Å²) in [6.45, 7) is 8.13. The molecule has 0 fully saturated rings. The molecular formula is C32H49N3O7S2. The molecule has 0 atom stereocenters. The van der Waals surface area contributed by atoms with E-state index in [1.165, 1.54) is 25.5 Å². The van der Waals surface area contributed by atoms with Crippen molar-refractivity contribution in [3.8, 4) is 0 Å². The molecule has 2 aromatic rings. The number of amides is 1. The molecule has 44 heavy (non-hydrogen) atoms. The SMILES string of the molecule is CCCCc1cc(CCC)c(C(=O)N=C(N)N)cc1S(C)(=O)=O.CCCCc1cc(CCC)c(C(=O)OC)cc1S(C)(=O)=O. The molecule has 0 saturated heterocycles. The van der Waals surface area contributed by atoms with Crippen molar-refractivity contribution in [3.05, 3.63) is 57.6 Å². The molecule has 0 unspecified atom stereocenters. The Balaban J connectivity index is 0.000000442. The minimum atomic E-state index is -3.44. The van der Waals surface area contributed by atoms with E-state index in [0.29, 0.717) is 24.8 Å². The van der Waals surface area contributed by atoms with Crippen LogP contribution in [0.5, 0.6) is 0 Å². The number of benzene rings is 2. The molecule has 0 aromatic heterocycles. The van der Waals surface area contributed by atoms with Crippen LogP contribution < -0.4 is 11.5 Å². The lowest BCUT2D eigenvalue weighted by Crippen LogP contribution is -2.24. The van der Waals surface area contributed by atoms with Gasteiger partial charge in [0, 0.05) is 18.1 Å². The Labute approximate surface area is 263 Å². The van der Waals surface area contributed by atoms with E-state index in [1.54, 1.807) is 0 Å². The van der Waals surface area contributed by atoms with Gasteiger partial charge in [-0.25, -0.2) is 21.6 Å². The Morgan fingerprint density at radius 3 is 1.41 bits per heavy atom. The van der Waals surface area contributed by atoms with E-state index in [2.05, 4.69) is 11.9 Å². The number of nitrogens with two attached hydrogens (primary N) is 2. The van der Waals surface area contributed by atoms with Crippen LogP contribution in [0.3, 0.4) is 0 Å². The topological polar surface area (TPSA) is 176 Å². The first-order chi connectivity index (χ1) is 20.5. The first-order valence-electron chi connectivity index (χ1n) is 15.0. The smallest absolute Gasteiger partial charge is 0.338 e. The van der Waals surface area contributed by atoms with Crippen molar-refractivity contribution in [1.82, 2.24) is 0 Å². The molecule has 0 aliphatic rings. The number of methoxy groups -OCH3 is 1. The summed E-state index contributed by atoms with van der Waals surface area (Å²) in [4.78, 5) is 28.1. The van der Waals surface area contributed by atoms with Crippen LogP contribution in [0.15, 0.2) is 39.0 Å². The highest BCUT2D eigenvalue weighted by molar-refractivity contribution is 7.91. The third-order valence-corrected chi connectivity index (χ3v) is 9.23. The first-order valence-corrected chi connectivity index (χ1v) is 18.8. The molecule has 0 bridgehead atoms. The van der Waals surface area contributed by atoms with Gasteiger partial charge in [0.2, 0.25) is 0 Å². The van der Waals surface area contributed by atoms with Crippen LogP contribution in [0.1, 0.15) is 109 Å². The number of nitrogens with zero attached hydrogens (tertiary/aromatic N) is 1. The maximum atomic E-state index is 12.2. The minimum absolute atomic E-state index is 0.181. The van der Waals surface area contributed by atoms with Gasteiger partial charge in [0.05, 0.1) is 22.5 Å². The summed E-state index contributed by atoms with van der Waals surface area (Å²) < 4.78 is 52.9. The highest BCUT2D eigenvalue weighted by Gasteiger charge is 2.22. The van der Waals surface area contributed by atoms with Crippen LogP contribution in [-0.4, -0.2) is 54.3 Å². The van der Waals surface area contributed by atoms with Gasteiger partial charge in [-0.05, 0) is 72.9 Å². The predicted octanol–water partition coefficient (Wildman–Crippen LogP) is 4.97. The van der Waals surface area contributed by atoms with Crippen molar-refractivity contribution < 1.29 is 31.2 Å². The monoisotopic (exact) mass is 651 g/mol. The number of carbonyl (C=O) groups excluding carboxylic acids is 2. The van der Waals surface area contributed by atoms with Crippen LogP contribution in [0.4, 0.5) is 0 Å². The van der Waals surface area contributed by atoms with Crippen LogP contribution in [0.25, 0.3) is 0 Å². The van der Waals surface area contributed by atoms with E-state index in [0.717, 1.165) is 73.5 Å². The van der Waals surface area contributed by atoms with Gasteiger partial charge in [0.1, 0.15) is 0 Å². The summed E-state index contributed by atoms with van der Waals surface area (Å²) in [6.07, 6.45) is 10.5. The number of aliphatic imine (C=N–C) groups is 1. The molecular weight excluding hydrogens is 603 g/mol. The second-order valence-corrected chi connectivity index (χ2v) is 14.8. The average molecular weight is 652 g/mol. The summed E-state index contributed by atoms with van der Waals surface area (Å²) in [5, 5.41) is 0. The Kier molecular flexibility index (Phi) is 15.8. The van der Waals surface area contributed by atoms with Crippen LogP contribution in [0, 0.1) is 0 Å². The van der Waals surface area contributed by atoms with Crippen molar-refractivity contribution in [3.63, 3.8) is 0 Å². The lowest BCUT2D eigenvalue weighted by Gasteiger charge is -2.14. The highest BCUT2D eigenvalue weighted by Crippen LogP contribution is 2.26. The van der Waals surface area contributed by atoms with E-state index in [1.807, 2.05) is 32.9 Å². The summed E-state index contributed by atoms with van der Waals surface area (Å²) >= 11 is 0. The third kappa shape index (κ3) is 11.7. The maximum absolute atomic E-state index is 12.2. The second kappa shape index (κ2) is 17.9. The summed E-state index contributed by atoms with van der Waals surface area (Å²) in [7, 11) is -5.50. The molecule has 12 heteroatoms. The molecule has 2 aromatic carbocycles. The molecule has 0 aliphatic heterocycles. The third-order valence-electron chi connectivity index (χ3n) is 6.88. The van der Waals surface area contributed by atoms with E-state index >= 15 is 0 Å². The first kappa shape index (κ1) is 38.8. The molecule has 0 spiro atoms. The maximum Gasteiger partial charge on any atom is 0.338 e. The number of aryl methyl sites for hydroxylation is 4. The number of ether oxygens (including phenoxy) is 1. The lowest BCUT2D eigenvalue weighted by molar-refractivity contribution is 0.0599. The van der Waals surface area contributed by atoms with E-state index in [-0.39, 0.29) is 21.3 Å². The van der Waals surface area contributed by atoms with Gasteiger partial charge in [-0.2, -0.15) is 4.99 Å². The summed E-state index contributed by atoms with van der Waals surface area (Å²) in [5.74, 6) is -1.43. The predicted molar refractivity (Wildman–Crippen MR) is 176 cm³/mol. The summed E-state index contributed by atoms with van der Waals surface area (Å²) in [6, 6.07) is 6.57. The molecule has 0 heterocycles. The minimum Gasteiger partial charge on any atom is -0.465 e. The second-order valence-electron chi connectivity index (χ2n) is 10.8. The largest absolute Gasteiger partial charge is 0.465 e. The van der Waals surface area contributed by atoms with Crippen molar-refractivity contribution in [2.75, 3.05) is 19.6 Å². The Morgan fingerprint density at radius 1 is 0.659 bits per heavy atom. The van der Waals surface area contributed by atoms with Gasteiger partial charge < -0.3 is 16.2 Å². The molecule has 246 valence electrons. The van der Waals surface area contributed by atoms with Crippen molar-refractivity contribution >= 4 is 37.5 Å². The number of esters is 1. The van der Waals surface area contributed by atoms with Gasteiger partial charge in [-0.1, -0.05) is 65.5 Å². The van der Waals surface area contributed by atoms with Crippen molar-refractivity contribution in [2.45, 2.75) is 102 Å². The zero-order valence-corrected chi connectivity index (χ0v) is 28.8. The zero-order chi connectivity index (χ0) is 33.7. The van der Waals surface area contributed by atoms with Gasteiger partial charge in [0.15, 0.2) is 25.6 Å². The van der Waals surface area contributed by atoms with Gasteiger partial charge >= 0.3 is 5.97 Å².